The molecule has 25 heavy (non-hydrogen) atoms. The molecular weight excluding hydrogens is 360 g/mol. The minimum absolute atomic E-state index is 0.114. The quantitative estimate of drug-likeness (QED) is 0.659. The van der Waals surface area contributed by atoms with E-state index in [-0.39, 0.29) is 10.8 Å². The van der Waals surface area contributed by atoms with E-state index in [0.29, 0.717) is 28.5 Å². The van der Waals surface area contributed by atoms with Crippen LogP contribution in [0.5, 0.6) is 0 Å². The smallest absolute Gasteiger partial charge is 0.264 e. The molecule has 3 aromatic rings. The van der Waals surface area contributed by atoms with Crippen LogP contribution in [0.25, 0.3) is 11.5 Å². The Labute approximate surface area is 150 Å². The van der Waals surface area contributed by atoms with E-state index in [2.05, 4.69) is 19.8 Å². The predicted molar refractivity (Wildman–Crippen MR) is 97.3 cm³/mol. The van der Waals surface area contributed by atoms with Crippen LogP contribution in [-0.2, 0) is 10.0 Å². The Hall–Kier alpha value is -2.26. The molecule has 0 radical (unpaired) electrons. The molecule has 2 aromatic heterocycles. The summed E-state index contributed by atoms with van der Waals surface area (Å²) < 4.78 is 33.8. The second-order valence-corrected chi connectivity index (χ2v) is 8.06. The van der Waals surface area contributed by atoms with Crippen LogP contribution in [0.15, 0.2) is 38.6 Å². The van der Waals surface area contributed by atoms with Crippen molar-refractivity contribution < 1.29 is 12.9 Å². The number of H-pyrrole nitrogens is 1. The maximum absolute atomic E-state index is 13.0. The average Bonchev–Trinajstić information content (AvgIpc) is 3.09. The van der Waals surface area contributed by atoms with E-state index >= 15 is 0 Å². The predicted octanol–water partition coefficient (Wildman–Crippen LogP) is 3.51. The second-order valence-electron chi connectivity index (χ2n) is 5.56. The minimum Gasteiger partial charge on any atom is -0.361 e. The fourth-order valence-corrected chi connectivity index (χ4v) is 4.61. The monoisotopic (exact) mass is 378 g/mol. The lowest BCUT2D eigenvalue weighted by Gasteiger charge is -2.10. The van der Waals surface area contributed by atoms with Gasteiger partial charge >= 0.3 is 0 Å². The van der Waals surface area contributed by atoms with Crippen LogP contribution in [0.3, 0.4) is 0 Å². The maximum atomic E-state index is 13.0. The maximum Gasteiger partial charge on any atom is 0.264 e. The highest BCUT2D eigenvalue weighted by molar-refractivity contribution is 7.98. The molecule has 2 heterocycles. The van der Waals surface area contributed by atoms with Gasteiger partial charge in [-0.1, -0.05) is 11.2 Å². The van der Waals surface area contributed by atoms with Crippen molar-refractivity contribution in [2.45, 2.75) is 30.6 Å². The van der Waals surface area contributed by atoms with Gasteiger partial charge in [-0.3, -0.25) is 4.72 Å². The third kappa shape index (κ3) is 3.42. The van der Waals surface area contributed by atoms with E-state index < -0.39 is 10.0 Å². The Morgan fingerprint density at radius 2 is 1.96 bits per heavy atom. The summed E-state index contributed by atoms with van der Waals surface area (Å²) in [4.78, 5) is 8.30. The lowest BCUT2D eigenvalue weighted by Crippen LogP contribution is -2.14. The van der Waals surface area contributed by atoms with Crippen LogP contribution in [0.2, 0.25) is 0 Å². The fraction of sp³-hybridized carbons (Fsp3) is 0.250. The van der Waals surface area contributed by atoms with E-state index in [1.165, 1.54) is 0 Å². The van der Waals surface area contributed by atoms with Gasteiger partial charge in [-0.25, -0.2) is 8.42 Å². The lowest BCUT2D eigenvalue weighted by atomic mass is 10.2. The number of thioether (sulfide) groups is 1. The number of nitrogens with zero attached hydrogens (tertiary/aromatic N) is 2. The minimum atomic E-state index is -3.84. The van der Waals surface area contributed by atoms with Crippen LogP contribution in [-0.4, -0.2) is 29.8 Å². The first kappa shape index (κ1) is 17.6. The molecule has 9 heteroatoms. The van der Waals surface area contributed by atoms with Crippen molar-refractivity contribution in [2.75, 3.05) is 11.0 Å². The molecule has 0 unspecified atom stereocenters. The van der Waals surface area contributed by atoms with E-state index in [0.717, 1.165) is 4.90 Å². The highest BCUT2D eigenvalue weighted by atomic mass is 32.2. The zero-order valence-corrected chi connectivity index (χ0v) is 15.9. The summed E-state index contributed by atoms with van der Waals surface area (Å²) in [6, 6.07) is 7.22. The molecule has 0 saturated carbocycles. The topological polar surface area (TPSA) is 101 Å². The number of nitrogens with one attached hydrogen (secondary N) is 2. The van der Waals surface area contributed by atoms with Crippen molar-refractivity contribution in [1.82, 2.24) is 15.1 Å². The first-order valence-corrected chi connectivity index (χ1v) is 10.2. The van der Waals surface area contributed by atoms with E-state index in [9.17, 15) is 8.42 Å². The molecule has 0 fully saturated rings. The molecule has 0 aliphatic rings. The molecule has 0 atom stereocenters. The third-order valence-corrected chi connectivity index (χ3v) is 5.93. The highest BCUT2D eigenvalue weighted by Crippen LogP contribution is 2.33. The van der Waals surface area contributed by atoms with Gasteiger partial charge in [-0.2, -0.15) is 4.98 Å². The number of anilines is 1. The molecular formula is C16H18N4O3S2. The first-order chi connectivity index (χ1) is 11.8. The summed E-state index contributed by atoms with van der Waals surface area (Å²) in [7, 11) is -3.84. The second kappa shape index (κ2) is 6.57. The zero-order valence-electron chi connectivity index (χ0n) is 14.2. The Bertz CT molecular complexity index is 1020. The molecule has 0 amide bonds. The Balaban J connectivity index is 2.08. The Kier molecular flexibility index (Phi) is 4.61. The summed E-state index contributed by atoms with van der Waals surface area (Å²) in [6.45, 7) is 5.16. The van der Waals surface area contributed by atoms with Gasteiger partial charge in [0.05, 0.1) is 5.56 Å². The van der Waals surface area contributed by atoms with Crippen molar-refractivity contribution in [3.8, 4) is 11.5 Å². The summed E-state index contributed by atoms with van der Waals surface area (Å²) in [5.41, 5.74) is 2.06. The van der Waals surface area contributed by atoms with Gasteiger partial charge in [0.15, 0.2) is 5.82 Å². The van der Waals surface area contributed by atoms with Gasteiger partial charge < -0.3 is 9.51 Å². The molecule has 2 N–H and O–H groups in total. The molecule has 0 spiro atoms. The largest absolute Gasteiger partial charge is 0.361 e. The summed E-state index contributed by atoms with van der Waals surface area (Å²) >= 11 is 1.54. The highest BCUT2D eigenvalue weighted by Gasteiger charge is 2.29. The number of aryl methyl sites for hydroxylation is 3. The lowest BCUT2D eigenvalue weighted by molar-refractivity contribution is 0.424. The molecule has 7 nitrogen and oxygen atoms in total. The van der Waals surface area contributed by atoms with Crippen molar-refractivity contribution in [2.24, 2.45) is 0 Å². The number of aromatic nitrogens is 3. The van der Waals surface area contributed by atoms with Crippen molar-refractivity contribution in [3.05, 3.63) is 41.5 Å². The van der Waals surface area contributed by atoms with Gasteiger partial charge in [0, 0.05) is 22.0 Å². The Morgan fingerprint density at radius 3 is 2.60 bits per heavy atom. The molecule has 0 aliphatic carbocycles. The number of benzene rings is 1. The summed E-state index contributed by atoms with van der Waals surface area (Å²) in [5.74, 6) is 0.620. The number of hydrogen-bond acceptors (Lipinski definition) is 6. The van der Waals surface area contributed by atoms with Crippen LogP contribution in [0.1, 0.15) is 17.2 Å². The zero-order chi connectivity index (χ0) is 18.2. The number of rotatable bonds is 5. The van der Waals surface area contributed by atoms with E-state index in [1.807, 2.05) is 12.3 Å². The molecule has 1 aromatic carbocycles. The van der Waals surface area contributed by atoms with Gasteiger partial charge in [0.2, 0.25) is 0 Å². The van der Waals surface area contributed by atoms with Gasteiger partial charge in [-0.05, 0) is 45.2 Å². The van der Waals surface area contributed by atoms with Crippen LogP contribution < -0.4 is 4.72 Å². The van der Waals surface area contributed by atoms with Gasteiger partial charge in [-0.15, -0.1) is 11.8 Å². The molecule has 3 rings (SSSR count). The fourth-order valence-electron chi connectivity index (χ4n) is 2.64. The SMILES string of the molecule is CSc1cccc(NS(=O)(=O)c2c(C)[nH]c(C)c2-c2nc(C)no2)c1. The van der Waals surface area contributed by atoms with E-state index in [1.54, 1.807) is 50.7 Å². The normalized spacial score (nSPS) is 11.7. The number of sulfonamides is 1. The number of hydrogen-bond donors (Lipinski definition) is 2. The van der Waals surface area contributed by atoms with Gasteiger partial charge in [0.1, 0.15) is 4.90 Å². The molecule has 0 bridgehead atoms. The van der Waals surface area contributed by atoms with Gasteiger partial charge in [0.25, 0.3) is 15.9 Å². The standard InChI is InChI=1S/C16H18N4O3S2/c1-9-14(16-18-11(3)19-23-16)15(10(2)17-9)25(21,22)20-12-6-5-7-13(8-12)24-4/h5-8,17,20H,1-4H3. The van der Waals surface area contributed by atoms with E-state index in [4.69, 9.17) is 4.52 Å². The first-order valence-electron chi connectivity index (χ1n) is 7.48. The summed E-state index contributed by atoms with van der Waals surface area (Å²) in [6.07, 6.45) is 1.93. The average molecular weight is 378 g/mol. The van der Waals surface area contributed by atoms with Crippen LogP contribution in [0, 0.1) is 20.8 Å². The molecule has 0 aliphatic heterocycles. The molecule has 0 saturated heterocycles. The number of aromatic amines is 1. The third-order valence-electron chi connectivity index (χ3n) is 3.65. The van der Waals surface area contributed by atoms with Crippen LogP contribution in [0.4, 0.5) is 5.69 Å². The van der Waals surface area contributed by atoms with Crippen molar-refractivity contribution in [3.63, 3.8) is 0 Å². The van der Waals surface area contributed by atoms with Crippen molar-refractivity contribution in [1.29, 1.82) is 0 Å². The Morgan fingerprint density at radius 1 is 1.20 bits per heavy atom. The summed E-state index contributed by atoms with van der Waals surface area (Å²) in [5, 5.41) is 3.76. The van der Waals surface area contributed by atoms with Crippen LogP contribution >= 0.6 is 11.8 Å². The van der Waals surface area contributed by atoms with Crippen molar-refractivity contribution >= 4 is 27.5 Å². The molecule has 132 valence electrons.